The number of benzene rings is 1. The molecule has 0 bridgehead atoms. The lowest BCUT2D eigenvalue weighted by Gasteiger charge is -2.24. The second kappa shape index (κ2) is 4.85. The van der Waals surface area contributed by atoms with Crippen LogP contribution in [0.15, 0.2) is 12.1 Å². The number of hydrogen-bond acceptors (Lipinski definition) is 4. The van der Waals surface area contributed by atoms with Crippen LogP contribution in [-0.2, 0) is 9.53 Å². The molecule has 1 fully saturated rings. The van der Waals surface area contributed by atoms with Crippen LogP contribution >= 0.6 is 0 Å². The summed E-state index contributed by atoms with van der Waals surface area (Å²) in [5.74, 6) is 0.550. The van der Waals surface area contributed by atoms with E-state index in [0.717, 1.165) is 35.3 Å². The van der Waals surface area contributed by atoms with Crippen molar-refractivity contribution in [3.8, 4) is 5.75 Å². The fraction of sp³-hybridized carbons (Fsp3) is 0.533. The Balaban J connectivity index is 2.44. The van der Waals surface area contributed by atoms with Crippen molar-refractivity contribution < 1.29 is 14.3 Å². The van der Waals surface area contributed by atoms with Gasteiger partial charge in [-0.3, -0.25) is 4.79 Å². The number of ether oxygens (including phenoxy) is 2. The number of hydrogen-bond donors (Lipinski definition) is 1. The summed E-state index contributed by atoms with van der Waals surface area (Å²) in [5, 5.41) is 0. The lowest BCUT2D eigenvalue weighted by molar-refractivity contribution is -0.148. The first kappa shape index (κ1) is 13.9. The molecule has 0 saturated heterocycles. The minimum atomic E-state index is -0.567. The van der Waals surface area contributed by atoms with Crippen molar-refractivity contribution in [2.24, 2.45) is 11.1 Å². The predicted octanol–water partition coefficient (Wildman–Crippen LogP) is 2.27. The van der Waals surface area contributed by atoms with E-state index in [-0.39, 0.29) is 12.0 Å². The van der Waals surface area contributed by atoms with Crippen molar-refractivity contribution in [1.29, 1.82) is 0 Å². The van der Waals surface area contributed by atoms with Crippen molar-refractivity contribution >= 4 is 5.97 Å². The molecule has 1 aromatic rings. The van der Waals surface area contributed by atoms with E-state index in [9.17, 15) is 4.79 Å². The van der Waals surface area contributed by atoms with E-state index in [2.05, 4.69) is 0 Å². The van der Waals surface area contributed by atoms with Gasteiger partial charge >= 0.3 is 5.97 Å². The monoisotopic (exact) mass is 263 g/mol. The molecule has 1 atom stereocenters. The predicted molar refractivity (Wildman–Crippen MR) is 73.1 cm³/mol. The number of carbonyl (C=O) groups excluding carboxylic acids is 1. The summed E-state index contributed by atoms with van der Waals surface area (Å²) in [5.41, 5.74) is 8.82. The Morgan fingerprint density at radius 3 is 2.42 bits per heavy atom. The molecule has 1 aliphatic rings. The average molecular weight is 263 g/mol. The van der Waals surface area contributed by atoms with Crippen LogP contribution in [0.5, 0.6) is 5.75 Å². The van der Waals surface area contributed by atoms with Gasteiger partial charge in [-0.1, -0.05) is 17.7 Å². The third-order valence-electron chi connectivity index (χ3n) is 3.96. The summed E-state index contributed by atoms with van der Waals surface area (Å²) in [7, 11) is 3.04. The second-order valence-corrected chi connectivity index (χ2v) is 5.33. The molecule has 1 saturated carbocycles. The maximum Gasteiger partial charge on any atom is 0.313 e. The van der Waals surface area contributed by atoms with Crippen LogP contribution in [0.1, 0.15) is 35.6 Å². The maximum atomic E-state index is 11.9. The van der Waals surface area contributed by atoms with Crippen LogP contribution in [0.3, 0.4) is 0 Å². The minimum absolute atomic E-state index is 0.221. The van der Waals surface area contributed by atoms with Gasteiger partial charge < -0.3 is 15.2 Å². The van der Waals surface area contributed by atoms with Gasteiger partial charge in [-0.05, 0) is 32.3 Å². The molecule has 0 spiro atoms. The normalized spacial score (nSPS) is 17.7. The molecule has 1 aromatic carbocycles. The highest BCUT2D eigenvalue weighted by Crippen LogP contribution is 2.56. The average Bonchev–Trinajstić information content (AvgIpc) is 3.17. The van der Waals surface area contributed by atoms with E-state index in [1.54, 1.807) is 7.11 Å². The Morgan fingerprint density at radius 2 is 1.95 bits per heavy atom. The summed E-state index contributed by atoms with van der Waals surface area (Å²) in [6.07, 6.45) is 1.55. The molecule has 0 radical (unpaired) electrons. The highest BCUT2D eigenvalue weighted by Gasteiger charge is 2.56. The van der Waals surface area contributed by atoms with E-state index in [1.807, 2.05) is 26.0 Å². The number of rotatable bonds is 4. The van der Waals surface area contributed by atoms with Gasteiger partial charge in [0.2, 0.25) is 0 Å². The molecule has 1 unspecified atom stereocenters. The zero-order valence-electron chi connectivity index (χ0n) is 11.9. The van der Waals surface area contributed by atoms with Crippen molar-refractivity contribution in [1.82, 2.24) is 0 Å². The number of aryl methyl sites for hydroxylation is 2. The van der Waals surface area contributed by atoms with Crippen LogP contribution in [0.25, 0.3) is 0 Å². The first-order valence-corrected chi connectivity index (χ1v) is 6.45. The number of nitrogens with two attached hydrogens (primary N) is 1. The van der Waals surface area contributed by atoms with Crippen molar-refractivity contribution in [3.63, 3.8) is 0 Å². The smallest absolute Gasteiger partial charge is 0.313 e. The zero-order valence-corrected chi connectivity index (χ0v) is 11.9. The van der Waals surface area contributed by atoms with Crippen LogP contribution < -0.4 is 10.5 Å². The molecule has 2 rings (SSSR count). The van der Waals surface area contributed by atoms with E-state index in [4.69, 9.17) is 15.2 Å². The van der Waals surface area contributed by atoms with Gasteiger partial charge in [-0.25, -0.2) is 0 Å². The standard InChI is InChI=1S/C15H21NO3/c1-9-7-10(2)12(18-3)11(8-9)13(16)15(5-6-15)14(17)19-4/h7-8,13H,5-6,16H2,1-4H3. The van der Waals surface area contributed by atoms with E-state index in [1.165, 1.54) is 7.11 Å². The lowest BCUT2D eigenvalue weighted by Crippen LogP contribution is -2.31. The van der Waals surface area contributed by atoms with Crippen LogP contribution in [0.4, 0.5) is 0 Å². The molecule has 4 nitrogen and oxygen atoms in total. The highest BCUT2D eigenvalue weighted by molar-refractivity contribution is 5.81. The van der Waals surface area contributed by atoms with Crippen LogP contribution in [-0.4, -0.2) is 20.2 Å². The summed E-state index contributed by atoms with van der Waals surface area (Å²) in [4.78, 5) is 11.9. The van der Waals surface area contributed by atoms with Gasteiger partial charge in [0.25, 0.3) is 0 Å². The van der Waals surface area contributed by atoms with Gasteiger partial charge in [0.1, 0.15) is 5.75 Å². The molecule has 0 amide bonds. The van der Waals surface area contributed by atoms with Crippen molar-refractivity contribution in [2.75, 3.05) is 14.2 Å². The molecule has 0 aliphatic heterocycles. The van der Waals surface area contributed by atoms with Gasteiger partial charge in [-0.2, -0.15) is 0 Å². The second-order valence-electron chi connectivity index (χ2n) is 5.33. The van der Waals surface area contributed by atoms with Gasteiger partial charge in [0, 0.05) is 11.6 Å². The molecular formula is C15H21NO3. The van der Waals surface area contributed by atoms with E-state index in [0.29, 0.717) is 0 Å². The highest BCUT2D eigenvalue weighted by atomic mass is 16.5. The number of esters is 1. The summed E-state index contributed by atoms with van der Waals surface area (Å²) < 4.78 is 10.4. The fourth-order valence-corrected chi connectivity index (χ4v) is 2.77. The Hall–Kier alpha value is -1.55. The van der Waals surface area contributed by atoms with E-state index < -0.39 is 5.41 Å². The number of carbonyl (C=O) groups is 1. The van der Waals surface area contributed by atoms with Crippen LogP contribution in [0, 0.1) is 19.3 Å². The molecule has 2 N–H and O–H groups in total. The summed E-state index contributed by atoms with van der Waals surface area (Å²) in [6.45, 7) is 4.00. The Labute approximate surface area is 113 Å². The quantitative estimate of drug-likeness (QED) is 0.846. The summed E-state index contributed by atoms with van der Waals surface area (Å²) >= 11 is 0. The van der Waals surface area contributed by atoms with Gasteiger partial charge in [-0.15, -0.1) is 0 Å². The molecule has 1 aliphatic carbocycles. The van der Waals surface area contributed by atoms with Gasteiger partial charge in [0.05, 0.1) is 19.6 Å². The molecule has 4 heteroatoms. The SMILES string of the molecule is COC(=O)C1(C(N)c2cc(C)cc(C)c2OC)CC1. The molecular weight excluding hydrogens is 242 g/mol. The third kappa shape index (κ3) is 2.21. The Morgan fingerprint density at radius 1 is 1.32 bits per heavy atom. The molecule has 104 valence electrons. The van der Waals surface area contributed by atoms with E-state index >= 15 is 0 Å². The first-order chi connectivity index (χ1) is 8.96. The van der Waals surface area contributed by atoms with Crippen LogP contribution in [0.2, 0.25) is 0 Å². The molecule has 0 aromatic heterocycles. The zero-order chi connectivity index (χ0) is 14.2. The minimum Gasteiger partial charge on any atom is -0.496 e. The fourth-order valence-electron chi connectivity index (χ4n) is 2.77. The Kier molecular flexibility index (Phi) is 3.54. The molecule has 19 heavy (non-hydrogen) atoms. The first-order valence-electron chi connectivity index (χ1n) is 6.45. The number of methoxy groups -OCH3 is 2. The molecule has 0 heterocycles. The topological polar surface area (TPSA) is 61.5 Å². The van der Waals surface area contributed by atoms with Gasteiger partial charge in [0.15, 0.2) is 0 Å². The van der Waals surface area contributed by atoms with Crippen molar-refractivity contribution in [2.45, 2.75) is 32.7 Å². The Bertz CT molecular complexity index is 506. The summed E-state index contributed by atoms with van der Waals surface area (Å²) in [6, 6.07) is 3.67. The van der Waals surface area contributed by atoms with Crippen molar-refractivity contribution in [3.05, 3.63) is 28.8 Å². The third-order valence-corrected chi connectivity index (χ3v) is 3.96. The largest absolute Gasteiger partial charge is 0.496 e. The maximum absolute atomic E-state index is 11.9. The lowest BCUT2D eigenvalue weighted by atomic mass is 9.88.